The van der Waals surface area contributed by atoms with Crippen molar-refractivity contribution in [3.8, 4) is 16.3 Å². The van der Waals surface area contributed by atoms with Crippen molar-refractivity contribution in [3.63, 3.8) is 0 Å². The summed E-state index contributed by atoms with van der Waals surface area (Å²) in [6, 6.07) is 17.2. The average Bonchev–Trinajstić information content (AvgIpc) is 3.17. The van der Waals surface area contributed by atoms with Crippen molar-refractivity contribution in [2.75, 3.05) is 30.4 Å². The summed E-state index contributed by atoms with van der Waals surface area (Å²) in [5, 5.41) is 12.9. The van der Waals surface area contributed by atoms with Crippen LogP contribution < -0.4 is 15.0 Å². The van der Waals surface area contributed by atoms with E-state index in [-0.39, 0.29) is 12.5 Å². The molecule has 1 N–H and O–H groups in total. The van der Waals surface area contributed by atoms with E-state index >= 15 is 0 Å². The van der Waals surface area contributed by atoms with Gasteiger partial charge < -0.3 is 15.0 Å². The molecule has 6 nitrogen and oxygen atoms in total. The summed E-state index contributed by atoms with van der Waals surface area (Å²) in [5.74, 6) is 0.586. The van der Waals surface area contributed by atoms with E-state index in [1.807, 2.05) is 60.4 Å². The van der Waals surface area contributed by atoms with E-state index in [2.05, 4.69) is 15.5 Å². The molecule has 0 spiro atoms. The smallest absolute Gasteiger partial charge is 0.243 e. The number of methoxy groups -OCH3 is 1. The zero-order valence-electron chi connectivity index (χ0n) is 14.7. The Balaban J connectivity index is 1.67. The zero-order valence-corrected chi connectivity index (χ0v) is 15.5. The number of benzene rings is 2. The second kappa shape index (κ2) is 8.44. The van der Waals surface area contributed by atoms with Crippen molar-refractivity contribution >= 4 is 28.1 Å². The van der Waals surface area contributed by atoms with Crippen LogP contribution in [0.2, 0.25) is 0 Å². The molecule has 0 aliphatic heterocycles. The molecule has 1 amide bonds. The van der Waals surface area contributed by atoms with Crippen LogP contribution in [0.3, 0.4) is 0 Å². The number of ether oxygens (including phenoxy) is 1. The number of carbonyl (C=O) groups excluding carboxylic acids is 1. The minimum Gasteiger partial charge on any atom is -0.497 e. The number of aromatic nitrogens is 2. The Hall–Kier alpha value is -2.93. The first-order valence-corrected chi connectivity index (χ1v) is 9.09. The maximum absolute atomic E-state index is 12.4. The van der Waals surface area contributed by atoms with Gasteiger partial charge in [-0.25, -0.2) is 0 Å². The summed E-state index contributed by atoms with van der Waals surface area (Å²) >= 11 is 1.48. The number of hydrogen-bond donors (Lipinski definition) is 1. The Bertz CT molecular complexity index is 867. The second-order valence-electron chi connectivity index (χ2n) is 5.55. The van der Waals surface area contributed by atoms with Gasteiger partial charge in [0.2, 0.25) is 11.0 Å². The van der Waals surface area contributed by atoms with E-state index in [0.717, 1.165) is 15.7 Å². The van der Waals surface area contributed by atoms with Gasteiger partial charge in [-0.05, 0) is 19.1 Å². The van der Waals surface area contributed by atoms with Crippen LogP contribution in [0.5, 0.6) is 5.75 Å². The van der Waals surface area contributed by atoms with Crippen LogP contribution in [-0.4, -0.2) is 36.3 Å². The van der Waals surface area contributed by atoms with Crippen LogP contribution >= 0.6 is 11.3 Å². The molecule has 0 unspecified atom stereocenters. The van der Waals surface area contributed by atoms with Crippen molar-refractivity contribution < 1.29 is 9.53 Å². The summed E-state index contributed by atoms with van der Waals surface area (Å²) in [5.41, 5.74) is 1.72. The highest BCUT2D eigenvalue weighted by Gasteiger charge is 2.15. The SMILES string of the molecule is CCN(CC(=O)Nc1cccc(OC)c1)c1nnc(-c2ccccc2)s1. The number of carbonyl (C=O) groups is 1. The molecule has 2 aromatic carbocycles. The van der Waals surface area contributed by atoms with Gasteiger partial charge in [0.25, 0.3) is 0 Å². The van der Waals surface area contributed by atoms with Crippen LogP contribution in [0, 0.1) is 0 Å². The Morgan fingerprint density at radius 3 is 2.69 bits per heavy atom. The number of likely N-dealkylation sites (N-methyl/N-ethyl adjacent to an activating group) is 1. The minimum atomic E-state index is -0.114. The lowest BCUT2D eigenvalue weighted by Crippen LogP contribution is -2.33. The molecule has 0 saturated carbocycles. The fourth-order valence-corrected chi connectivity index (χ4v) is 3.34. The van der Waals surface area contributed by atoms with Gasteiger partial charge in [0.05, 0.1) is 13.7 Å². The molecule has 1 aromatic heterocycles. The van der Waals surface area contributed by atoms with Gasteiger partial charge in [0, 0.05) is 23.9 Å². The third-order valence-electron chi connectivity index (χ3n) is 3.78. The third kappa shape index (κ3) is 4.37. The van der Waals surface area contributed by atoms with E-state index < -0.39 is 0 Å². The molecular weight excluding hydrogens is 348 g/mol. The van der Waals surface area contributed by atoms with Crippen molar-refractivity contribution in [3.05, 3.63) is 54.6 Å². The highest BCUT2D eigenvalue weighted by atomic mass is 32.1. The van der Waals surface area contributed by atoms with E-state index in [4.69, 9.17) is 4.74 Å². The molecule has 26 heavy (non-hydrogen) atoms. The summed E-state index contributed by atoms with van der Waals surface area (Å²) in [6.07, 6.45) is 0. The van der Waals surface area contributed by atoms with Gasteiger partial charge in [-0.3, -0.25) is 4.79 Å². The predicted molar refractivity (Wildman–Crippen MR) is 105 cm³/mol. The lowest BCUT2D eigenvalue weighted by atomic mass is 10.2. The lowest BCUT2D eigenvalue weighted by molar-refractivity contribution is -0.115. The Morgan fingerprint density at radius 1 is 1.15 bits per heavy atom. The number of rotatable bonds is 7. The minimum absolute atomic E-state index is 0.114. The van der Waals surface area contributed by atoms with Crippen molar-refractivity contribution in [1.82, 2.24) is 10.2 Å². The first-order chi connectivity index (χ1) is 12.7. The average molecular weight is 368 g/mol. The van der Waals surface area contributed by atoms with Gasteiger partial charge in [0.1, 0.15) is 10.8 Å². The molecule has 3 rings (SSSR count). The van der Waals surface area contributed by atoms with Gasteiger partial charge >= 0.3 is 0 Å². The molecule has 1 heterocycles. The van der Waals surface area contributed by atoms with Gasteiger partial charge in [-0.2, -0.15) is 0 Å². The van der Waals surface area contributed by atoms with Crippen molar-refractivity contribution in [1.29, 1.82) is 0 Å². The van der Waals surface area contributed by atoms with Crippen molar-refractivity contribution in [2.45, 2.75) is 6.92 Å². The van der Waals surface area contributed by atoms with Crippen LogP contribution in [0.15, 0.2) is 54.6 Å². The summed E-state index contributed by atoms with van der Waals surface area (Å²) < 4.78 is 5.17. The molecule has 7 heteroatoms. The summed E-state index contributed by atoms with van der Waals surface area (Å²) in [4.78, 5) is 14.3. The first kappa shape index (κ1) is 17.9. The number of anilines is 2. The highest BCUT2D eigenvalue weighted by Crippen LogP contribution is 2.28. The fraction of sp³-hybridized carbons (Fsp3) is 0.211. The Kier molecular flexibility index (Phi) is 5.80. The van der Waals surface area contributed by atoms with Crippen LogP contribution in [0.4, 0.5) is 10.8 Å². The van der Waals surface area contributed by atoms with E-state index in [1.165, 1.54) is 11.3 Å². The molecule has 0 radical (unpaired) electrons. The quantitative estimate of drug-likeness (QED) is 0.689. The molecular formula is C19H20N4O2S. The normalized spacial score (nSPS) is 10.4. The monoisotopic (exact) mass is 368 g/mol. The predicted octanol–water partition coefficient (Wildman–Crippen LogP) is 3.68. The largest absolute Gasteiger partial charge is 0.497 e. The molecule has 134 valence electrons. The van der Waals surface area contributed by atoms with Gasteiger partial charge in [0.15, 0.2) is 0 Å². The van der Waals surface area contributed by atoms with Crippen LogP contribution in [0.25, 0.3) is 10.6 Å². The third-order valence-corrected chi connectivity index (χ3v) is 4.81. The van der Waals surface area contributed by atoms with Crippen LogP contribution in [-0.2, 0) is 4.79 Å². The van der Waals surface area contributed by atoms with E-state index in [0.29, 0.717) is 18.0 Å². The standard InChI is InChI=1S/C19H20N4O2S/c1-3-23(13-17(24)20-15-10-7-11-16(12-15)25-2)19-22-21-18(26-19)14-8-5-4-6-9-14/h4-12H,3,13H2,1-2H3,(H,20,24). The number of amides is 1. The van der Waals surface area contributed by atoms with E-state index in [1.54, 1.807) is 13.2 Å². The molecule has 3 aromatic rings. The fourth-order valence-electron chi connectivity index (χ4n) is 2.43. The maximum atomic E-state index is 12.4. The van der Waals surface area contributed by atoms with Gasteiger partial charge in [-0.1, -0.05) is 47.7 Å². The lowest BCUT2D eigenvalue weighted by Gasteiger charge is -2.18. The first-order valence-electron chi connectivity index (χ1n) is 8.27. The molecule has 0 saturated heterocycles. The number of hydrogen-bond acceptors (Lipinski definition) is 6. The molecule has 0 atom stereocenters. The molecule has 0 aliphatic carbocycles. The maximum Gasteiger partial charge on any atom is 0.243 e. The Labute approximate surface area is 156 Å². The number of nitrogens with zero attached hydrogens (tertiary/aromatic N) is 3. The van der Waals surface area contributed by atoms with Crippen LogP contribution in [0.1, 0.15) is 6.92 Å². The molecule has 0 fully saturated rings. The highest BCUT2D eigenvalue weighted by molar-refractivity contribution is 7.18. The topological polar surface area (TPSA) is 67.4 Å². The Morgan fingerprint density at radius 2 is 1.96 bits per heavy atom. The summed E-state index contributed by atoms with van der Waals surface area (Å²) in [6.45, 7) is 2.86. The van der Waals surface area contributed by atoms with E-state index in [9.17, 15) is 4.79 Å². The number of nitrogens with one attached hydrogen (secondary N) is 1. The summed E-state index contributed by atoms with van der Waals surface area (Å²) in [7, 11) is 1.60. The molecule has 0 aliphatic rings. The van der Waals surface area contributed by atoms with Gasteiger partial charge in [-0.15, -0.1) is 10.2 Å². The second-order valence-corrected chi connectivity index (χ2v) is 6.51. The van der Waals surface area contributed by atoms with Crippen molar-refractivity contribution in [2.24, 2.45) is 0 Å². The zero-order chi connectivity index (χ0) is 18.4. The molecule has 0 bridgehead atoms.